The molecule has 0 aromatic heterocycles. The first-order chi connectivity index (χ1) is 10.4. The van der Waals surface area contributed by atoms with E-state index in [0.29, 0.717) is 18.1 Å². The Balaban J connectivity index is 1.80. The summed E-state index contributed by atoms with van der Waals surface area (Å²) in [7, 11) is -3.26. The molecule has 1 aromatic rings. The first-order valence-corrected chi connectivity index (χ1v) is 9.13. The Kier molecular flexibility index (Phi) is 5.66. The molecular formula is C14H19ClN2O4S. The lowest BCUT2D eigenvalue weighted by Gasteiger charge is -2.15. The van der Waals surface area contributed by atoms with Crippen LogP contribution in [0.1, 0.15) is 25.7 Å². The number of hydrogen-bond donors (Lipinski definition) is 2. The largest absolute Gasteiger partial charge is 0.506 e. The maximum absolute atomic E-state index is 12.0. The van der Waals surface area contributed by atoms with E-state index in [4.69, 9.17) is 11.6 Å². The molecule has 1 aromatic carbocycles. The number of amides is 1. The standard InChI is InChI=1S/C14H19ClN2O4S/c15-11-5-6-12(13(18)10-11)16-14(19)4-3-9-22(20,21)17-7-1-2-8-17/h5-6,10,18H,1-4,7-9H2,(H,16,19). The van der Waals surface area contributed by atoms with Crippen molar-refractivity contribution in [2.75, 3.05) is 24.2 Å². The number of nitrogens with one attached hydrogen (secondary N) is 1. The molecule has 0 atom stereocenters. The number of anilines is 1. The number of halogens is 1. The molecule has 22 heavy (non-hydrogen) atoms. The second-order valence-electron chi connectivity index (χ2n) is 5.24. The molecule has 1 heterocycles. The molecule has 0 bridgehead atoms. The average Bonchev–Trinajstić information content (AvgIpc) is 2.96. The number of nitrogens with zero attached hydrogens (tertiary/aromatic N) is 1. The van der Waals surface area contributed by atoms with Crippen LogP contribution in [0, 0.1) is 0 Å². The van der Waals surface area contributed by atoms with E-state index in [9.17, 15) is 18.3 Å². The number of phenolic OH excluding ortho intramolecular Hbond substituents is 1. The minimum Gasteiger partial charge on any atom is -0.506 e. The molecule has 0 unspecified atom stereocenters. The fourth-order valence-electron chi connectivity index (χ4n) is 2.33. The van der Waals surface area contributed by atoms with E-state index in [2.05, 4.69) is 5.32 Å². The second kappa shape index (κ2) is 7.30. The third-order valence-corrected chi connectivity index (χ3v) is 5.69. The third kappa shape index (κ3) is 4.59. The number of carbonyl (C=O) groups excluding carboxylic acids is 1. The van der Waals surface area contributed by atoms with Crippen LogP contribution in [0.4, 0.5) is 5.69 Å². The van der Waals surface area contributed by atoms with Gasteiger partial charge >= 0.3 is 0 Å². The van der Waals surface area contributed by atoms with Crippen LogP contribution in [-0.2, 0) is 14.8 Å². The SMILES string of the molecule is O=C(CCCS(=O)(=O)N1CCCC1)Nc1ccc(Cl)cc1O. The Bertz CT molecular complexity index is 642. The van der Waals surface area contributed by atoms with Gasteiger partial charge in [0.15, 0.2) is 0 Å². The highest BCUT2D eigenvalue weighted by Gasteiger charge is 2.24. The summed E-state index contributed by atoms with van der Waals surface area (Å²) >= 11 is 5.71. The van der Waals surface area contributed by atoms with E-state index in [0.717, 1.165) is 12.8 Å². The van der Waals surface area contributed by atoms with E-state index in [1.807, 2.05) is 0 Å². The van der Waals surface area contributed by atoms with E-state index in [1.165, 1.54) is 16.4 Å². The predicted molar refractivity (Wildman–Crippen MR) is 85.6 cm³/mol. The molecule has 0 spiro atoms. The zero-order valence-electron chi connectivity index (χ0n) is 12.1. The number of sulfonamides is 1. The molecule has 1 aliphatic rings. The van der Waals surface area contributed by atoms with E-state index in [-0.39, 0.29) is 35.9 Å². The smallest absolute Gasteiger partial charge is 0.224 e. The van der Waals surface area contributed by atoms with Gasteiger partial charge in [-0.05, 0) is 31.4 Å². The van der Waals surface area contributed by atoms with Crippen molar-refractivity contribution in [2.45, 2.75) is 25.7 Å². The van der Waals surface area contributed by atoms with Crippen molar-refractivity contribution in [1.82, 2.24) is 4.31 Å². The lowest BCUT2D eigenvalue weighted by molar-refractivity contribution is -0.116. The summed E-state index contributed by atoms with van der Waals surface area (Å²) in [6.45, 7) is 1.15. The molecular weight excluding hydrogens is 328 g/mol. The van der Waals surface area contributed by atoms with Gasteiger partial charge in [0.2, 0.25) is 15.9 Å². The van der Waals surface area contributed by atoms with Crippen molar-refractivity contribution in [3.8, 4) is 5.75 Å². The summed E-state index contributed by atoms with van der Waals surface area (Å²) in [4.78, 5) is 11.8. The summed E-state index contributed by atoms with van der Waals surface area (Å²) in [5.41, 5.74) is 0.261. The number of rotatable bonds is 6. The fourth-order valence-corrected chi connectivity index (χ4v) is 4.08. The van der Waals surface area contributed by atoms with Crippen molar-refractivity contribution < 1.29 is 18.3 Å². The molecule has 8 heteroatoms. The number of hydrogen-bond acceptors (Lipinski definition) is 4. The Hall–Kier alpha value is -1.31. The fraction of sp³-hybridized carbons (Fsp3) is 0.500. The highest BCUT2D eigenvalue weighted by Crippen LogP contribution is 2.26. The Morgan fingerprint density at radius 2 is 2.00 bits per heavy atom. The quantitative estimate of drug-likeness (QED) is 0.773. The Labute approximate surface area is 135 Å². The average molecular weight is 347 g/mol. The van der Waals surface area contributed by atoms with E-state index in [1.54, 1.807) is 6.07 Å². The molecule has 1 amide bonds. The normalized spacial score (nSPS) is 15.9. The van der Waals surface area contributed by atoms with Crippen molar-refractivity contribution in [3.05, 3.63) is 23.2 Å². The minimum atomic E-state index is -3.26. The summed E-state index contributed by atoms with van der Waals surface area (Å²) in [6, 6.07) is 4.38. The van der Waals surface area contributed by atoms with Crippen molar-refractivity contribution in [1.29, 1.82) is 0 Å². The summed E-state index contributed by atoms with van der Waals surface area (Å²) < 4.78 is 25.5. The first-order valence-electron chi connectivity index (χ1n) is 7.15. The molecule has 122 valence electrons. The van der Waals surface area contributed by atoms with Gasteiger partial charge < -0.3 is 10.4 Å². The molecule has 1 saturated heterocycles. The van der Waals surface area contributed by atoms with Crippen LogP contribution < -0.4 is 5.32 Å². The number of aromatic hydroxyl groups is 1. The molecule has 0 aliphatic carbocycles. The van der Waals surface area contributed by atoms with Crippen molar-refractivity contribution in [3.63, 3.8) is 0 Å². The van der Waals surface area contributed by atoms with Crippen LogP contribution >= 0.6 is 11.6 Å². The van der Waals surface area contributed by atoms with Gasteiger partial charge in [0, 0.05) is 30.6 Å². The van der Waals surface area contributed by atoms with Crippen molar-refractivity contribution in [2.24, 2.45) is 0 Å². The van der Waals surface area contributed by atoms with E-state index < -0.39 is 10.0 Å². The molecule has 6 nitrogen and oxygen atoms in total. The zero-order chi connectivity index (χ0) is 16.2. The molecule has 2 N–H and O–H groups in total. The van der Waals surface area contributed by atoms with Gasteiger partial charge in [-0.2, -0.15) is 0 Å². The van der Waals surface area contributed by atoms with Crippen LogP contribution in [0.5, 0.6) is 5.75 Å². The highest BCUT2D eigenvalue weighted by atomic mass is 35.5. The van der Waals surface area contributed by atoms with Gasteiger partial charge in [-0.25, -0.2) is 12.7 Å². The van der Waals surface area contributed by atoms with Gasteiger partial charge in [-0.1, -0.05) is 11.6 Å². The maximum atomic E-state index is 12.0. The molecule has 2 rings (SSSR count). The number of carbonyl (C=O) groups is 1. The molecule has 0 saturated carbocycles. The number of phenols is 1. The maximum Gasteiger partial charge on any atom is 0.224 e. The van der Waals surface area contributed by atoms with E-state index >= 15 is 0 Å². The van der Waals surface area contributed by atoms with Crippen LogP contribution in [0.2, 0.25) is 5.02 Å². The van der Waals surface area contributed by atoms with Crippen molar-refractivity contribution >= 4 is 33.2 Å². The summed E-state index contributed by atoms with van der Waals surface area (Å²) in [5, 5.41) is 12.5. The highest BCUT2D eigenvalue weighted by molar-refractivity contribution is 7.89. The lowest BCUT2D eigenvalue weighted by Crippen LogP contribution is -2.30. The minimum absolute atomic E-state index is 0.0347. The predicted octanol–water partition coefficient (Wildman–Crippen LogP) is 2.19. The van der Waals surface area contributed by atoms with Gasteiger partial charge in [0.05, 0.1) is 11.4 Å². The Morgan fingerprint density at radius 1 is 1.32 bits per heavy atom. The first kappa shape index (κ1) is 17.1. The number of benzene rings is 1. The van der Waals surface area contributed by atoms with Crippen LogP contribution in [0.15, 0.2) is 18.2 Å². The molecule has 1 fully saturated rings. The molecule has 0 radical (unpaired) electrons. The van der Waals surface area contributed by atoms with Gasteiger partial charge in [-0.15, -0.1) is 0 Å². The summed E-state index contributed by atoms with van der Waals surface area (Å²) in [5.74, 6) is -0.493. The second-order valence-corrected chi connectivity index (χ2v) is 7.76. The topological polar surface area (TPSA) is 86.7 Å². The lowest BCUT2D eigenvalue weighted by atomic mass is 10.2. The van der Waals surface area contributed by atoms with Crippen LogP contribution in [0.25, 0.3) is 0 Å². The zero-order valence-corrected chi connectivity index (χ0v) is 13.7. The monoisotopic (exact) mass is 346 g/mol. The summed E-state index contributed by atoms with van der Waals surface area (Å²) in [6.07, 6.45) is 2.12. The van der Waals surface area contributed by atoms with Crippen LogP contribution in [0.3, 0.4) is 0 Å². The van der Waals surface area contributed by atoms with Gasteiger partial charge in [0.1, 0.15) is 5.75 Å². The van der Waals surface area contributed by atoms with Gasteiger partial charge in [-0.3, -0.25) is 4.79 Å². The third-order valence-electron chi connectivity index (χ3n) is 3.50. The van der Waals surface area contributed by atoms with Crippen LogP contribution in [-0.4, -0.2) is 42.6 Å². The molecule has 1 aliphatic heterocycles. The van der Waals surface area contributed by atoms with Gasteiger partial charge in [0.25, 0.3) is 0 Å². The Morgan fingerprint density at radius 3 is 2.64 bits per heavy atom.